The maximum Gasteiger partial charge on any atom is 0.130 e. The molecular weight excluding hydrogens is 361 g/mol. The molecule has 0 fully saturated rings. The van der Waals surface area contributed by atoms with E-state index in [0.717, 1.165) is 31.8 Å². The summed E-state index contributed by atoms with van der Waals surface area (Å²) in [5.74, 6) is 1.11. The second-order valence-corrected chi connectivity index (χ2v) is 6.17. The quantitative estimate of drug-likeness (QED) is 0.733. The molecule has 0 saturated carbocycles. The van der Waals surface area contributed by atoms with Crippen molar-refractivity contribution in [1.29, 1.82) is 0 Å². The predicted molar refractivity (Wildman–Crippen MR) is 91.8 cm³/mol. The number of imidazole rings is 1. The number of halogens is 1. The fraction of sp³-hybridized carbons (Fsp3) is 0.438. The van der Waals surface area contributed by atoms with E-state index in [1.54, 1.807) is 0 Å². The van der Waals surface area contributed by atoms with Gasteiger partial charge in [-0.1, -0.05) is 26.0 Å². The van der Waals surface area contributed by atoms with Crippen LogP contribution < -0.4 is 5.32 Å². The molecule has 3 nitrogen and oxygen atoms in total. The van der Waals surface area contributed by atoms with E-state index < -0.39 is 0 Å². The summed E-state index contributed by atoms with van der Waals surface area (Å²) in [6.07, 6.45) is 6.22. The molecule has 20 heavy (non-hydrogen) atoms. The van der Waals surface area contributed by atoms with Crippen molar-refractivity contribution in [3.8, 4) is 0 Å². The normalized spacial score (nSPS) is 12.6. The molecule has 1 aromatic heterocycles. The standard InChI is InChI=1S/C16H22IN3/c1-3-8-18-15(13-6-5-7-14(17)12-13)16-19-9-11-20(16)10-4-2/h5-7,9,11-12,15,18H,3-4,8,10H2,1-2H3. The van der Waals surface area contributed by atoms with Crippen molar-refractivity contribution < 1.29 is 0 Å². The number of nitrogens with one attached hydrogen (secondary N) is 1. The Morgan fingerprint density at radius 2 is 2.15 bits per heavy atom. The van der Waals surface area contributed by atoms with Gasteiger partial charge in [0.1, 0.15) is 5.82 Å². The Bertz CT molecular complexity index is 536. The van der Waals surface area contributed by atoms with Gasteiger partial charge >= 0.3 is 0 Å². The molecule has 4 heteroatoms. The van der Waals surface area contributed by atoms with Crippen LogP contribution in [0.15, 0.2) is 36.7 Å². The number of aryl methyl sites for hydroxylation is 1. The molecule has 1 aromatic carbocycles. The Labute approximate surface area is 134 Å². The Morgan fingerprint density at radius 1 is 1.30 bits per heavy atom. The Kier molecular flexibility index (Phi) is 6.04. The number of hydrogen-bond acceptors (Lipinski definition) is 2. The number of hydrogen-bond donors (Lipinski definition) is 1. The maximum atomic E-state index is 4.59. The number of aromatic nitrogens is 2. The van der Waals surface area contributed by atoms with Gasteiger partial charge in [-0.25, -0.2) is 4.98 Å². The molecule has 1 N–H and O–H groups in total. The average molecular weight is 383 g/mol. The number of benzene rings is 1. The molecule has 0 aliphatic heterocycles. The predicted octanol–water partition coefficient (Wildman–Crippen LogP) is 3.99. The Hall–Kier alpha value is -0.880. The van der Waals surface area contributed by atoms with E-state index in [9.17, 15) is 0 Å². The molecular formula is C16H22IN3. The first-order valence-electron chi connectivity index (χ1n) is 7.26. The van der Waals surface area contributed by atoms with E-state index in [1.807, 2.05) is 6.20 Å². The molecule has 0 saturated heterocycles. The maximum absolute atomic E-state index is 4.59. The molecule has 2 aromatic rings. The molecule has 0 aliphatic rings. The third-order valence-electron chi connectivity index (χ3n) is 3.25. The molecule has 1 unspecified atom stereocenters. The lowest BCUT2D eigenvalue weighted by molar-refractivity contribution is 0.530. The van der Waals surface area contributed by atoms with Crippen LogP contribution in [0.4, 0.5) is 0 Å². The van der Waals surface area contributed by atoms with Crippen LogP contribution in [-0.4, -0.2) is 16.1 Å². The monoisotopic (exact) mass is 383 g/mol. The summed E-state index contributed by atoms with van der Waals surface area (Å²) < 4.78 is 3.52. The first kappa shape index (κ1) is 15.5. The van der Waals surface area contributed by atoms with Crippen LogP contribution in [-0.2, 0) is 6.54 Å². The van der Waals surface area contributed by atoms with Gasteiger partial charge in [0.25, 0.3) is 0 Å². The Balaban J connectivity index is 2.33. The van der Waals surface area contributed by atoms with Gasteiger partial charge in [0.2, 0.25) is 0 Å². The highest BCUT2D eigenvalue weighted by atomic mass is 127. The molecule has 108 valence electrons. The fourth-order valence-corrected chi connectivity index (χ4v) is 2.91. The number of nitrogens with zero attached hydrogens (tertiary/aromatic N) is 2. The molecule has 0 aliphatic carbocycles. The summed E-state index contributed by atoms with van der Waals surface area (Å²) in [5, 5.41) is 3.63. The minimum absolute atomic E-state index is 0.172. The summed E-state index contributed by atoms with van der Waals surface area (Å²) in [6, 6.07) is 8.83. The summed E-state index contributed by atoms with van der Waals surface area (Å²) in [7, 11) is 0. The second-order valence-electron chi connectivity index (χ2n) is 4.92. The van der Waals surface area contributed by atoms with E-state index >= 15 is 0 Å². The smallest absolute Gasteiger partial charge is 0.130 e. The van der Waals surface area contributed by atoms with Gasteiger partial charge in [0.15, 0.2) is 0 Å². The van der Waals surface area contributed by atoms with Crippen LogP contribution in [0.1, 0.15) is 44.1 Å². The zero-order valence-corrected chi connectivity index (χ0v) is 14.3. The SMILES string of the molecule is CCCNC(c1cccc(I)c1)c1nccn1CCC. The summed E-state index contributed by atoms with van der Waals surface area (Å²) in [6.45, 7) is 6.40. The first-order chi connectivity index (χ1) is 9.76. The van der Waals surface area contributed by atoms with Gasteiger partial charge in [-0.3, -0.25) is 0 Å². The van der Waals surface area contributed by atoms with Crippen molar-refractivity contribution in [2.75, 3.05) is 6.54 Å². The van der Waals surface area contributed by atoms with Gasteiger partial charge in [-0.05, 0) is 59.7 Å². The third kappa shape index (κ3) is 3.82. The molecule has 1 atom stereocenters. The Morgan fingerprint density at radius 3 is 2.85 bits per heavy atom. The molecule has 1 heterocycles. The van der Waals surface area contributed by atoms with Gasteiger partial charge in [-0.2, -0.15) is 0 Å². The summed E-state index contributed by atoms with van der Waals surface area (Å²) >= 11 is 2.36. The lowest BCUT2D eigenvalue weighted by Crippen LogP contribution is -2.26. The summed E-state index contributed by atoms with van der Waals surface area (Å²) in [4.78, 5) is 4.59. The largest absolute Gasteiger partial charge is 0.333 e. The van der Waals surface area contributed by atoms with Crippen molar-refractivity contribution in [3.63, 3.8) is 0 Å². The van der Waals surface area contributed by atoms with Crippen molar-refractivity contribution in [1.82, 2.24) is 14.9 Å². The highest BCUT2D eigenvalue weighted by Crippen LogP contribution is 2.22. The third-order valence-corrected chi connectivity index (χ3v) is 3.92. The van der Waals surface area contributed by atoms with E-state index in [0.29, 0.717) is 0 Å². The molecule has 2 rings (SSSR count). The zero-order valence-electron chi connectivity index (χ0n) is 12.1. The molecule has 0 bridgehead atoms. The van der Waals surface area contributed by atoms with Gasteiger partial charge in [-0.15, -0.1) is 0 Å². The second kappa shape index (κ2) is 7.78. The minimum atomic E-state index is 0.172. The van der Waals surface area contributed by atoms with Crippen LogP contribution in [0, 0.1) is 3.57 Å². The lowest BCUT2D eigenvalue weighted by Gasteiger charge is -2.20. The van der Waals surface area contributed by atoms with Crippen LogP contribution in [0.3, 0.4) is 0 Å². The first-order valence-corrected chi connectivity index (χ1v) is 8.34. The fourth-order valence-electron chi connectivity index (χ4n) is 2.34. The van der Waals surface area contributed by atoms with Crippen molar-refractivity contribution in [2.24, 2.45) is 0 Å². The average Bonchev–Trinajstić information content (AvgIpc) is 2.88. The summed E-state index contributed by atoms with van der Waals surface area (Å²) in [5.41, 5.74) is 1.29. The van der Waals surface area contributed by atoms with Crippen LogP contribution >= 0.6 is 22.6 Å². The van der Waals surface area contributed by atoms with Gasteiger partial charge in [0.05, 0.1) is 6.04 Å². The van der Waals surface area contributed by atoms with E-state index in [1.165, 1.54) is 9.13 Å². The molecule has 0 amide bonds. The highest BCUT2D eigenvalue weighted by Gasteiger charge is 2.18. The number of rotatable bonds is 7. The lowest BCUT2D eigenvalue weighted by atomic mass is 10.1. The van der Waals surface area contributed by atoms with Crippen LogP contribution in [0.25, 0.3) is 0 Å². The van der Waals surface area contributed by atoms with E-state index in [4.69, 9.17) is 0 Å². The molecule has 0 spiro atoms. The highest BCUT2D eigenvalue weighted by molar-refractivity contribution is 14.1. The van der Waals surface area contributed by atoms with E-state index in [2.05, 4.69) is 81.8 Å². The van der Waals surface area contributed by atoms with Crippen molar-refractivity contribution in [2.45, 2.75) is 39.3 Å². The van der Waals surface area contributed by atoms with E-state index in [-0.39, 0.29) is 6.04 Å². The van der Waals surface area contributed by atoms with Crippen LogP contribution in [0.5, 0.6) is 0 Å². The van der Waals surface area contributed by atoms with Gasteiger partial charge < -0.3 is 9.88 Å². The zero-order chi connectivity index (χ0) is 14.4. The van der Waals surface area contributed by atoms with Crippen molar-refractivity contribution >= 4 is 22.6 Å². The van der Waals surface area contributed by atoms with Gasteiger partial charge in [0, 0.05) is 22.5 Å². The van der Waals surface area contributed by atoms with Crippen molar-refractivity contribution in [3.05, 3.63) is 51.6 Å². The molecule has 0 radical (unpaired) electrons. The topological polar surface area (TPSA) is 29.9 Å². The minimum Gasteiger partial charge on any atom is -0.333 e. The van der Waals surface area contributed by atoms with Crippen LogP contribution in [0.2, 0.25) is 0 Å².